The van der Waals surface area contributed by atoms with Crippen LogP contribution in [0.15, 0.2) is 18.2 Å². The van der Waals surface area contributed by atoms with Gasteiger partial charge >= 0.3 is 0 Å². The highest BCUT2D eigenvalue weighted by molar-refractivity contribution is 5.57. The van der Waals surface area contributed by atoms with E-state index in [0.29, 0.717) is 0 Å². The first-order valence-corrected chi connectivity index (χ1v) is 6.44. The molecule has 0 atom stereocenters. The summed E-state index contributed by atoms with van der Waals surface area (Å²) in [7, 11) is 0. The maximum Gasteiger partial charge on any atom is 0.142 e. The van der Waals surface area contributed by atoms with Crippen LogP contribution in [0.25, 0.3) is 0 Å². The number of nitrogens with one attached hydrogen (secondary N) is 1. The second-order valence-electron chi connectivity index (χ2n) is 5.34. The first-order chi connectivity index (χ1) is 8.27. The highest BCUT2D eigenvalue weighted by Gasteiger charge is 2.34. The standard InChI is InChI=1S/C14H18FNO/c15-11-4-5-13-12(8-11)16-9-14(10-17-13)6-2-1-3-7-14/h4-5,8,16H,1-3,6-7,9-10H2. The summed E-state index contributed by atoms with van der Waals surface area (Å²) in [6.45, 7) is 1.67. The van der Waals surface area contributed by atoms with Gasteiger partial charge in [-0.2, -0.15) is 0 Å². The van der Waals surface area contributed by atoms with Gasteiger partial charge in [0.25, 0.3) is 0 Å². The van der Waals surface area contributed by atoms with Gasteiger partial charge in [0.2, 0.25) is 0 Å². The number of benzene rings is 1. The molecule has 1 aliphatic carbocycles. The fourth-order valence-electron chi connectivity index (χ4n) is 2.95. The zero-order valence-corrected chi connectivity index (χ0v) is 9.97. The van der Waals surface area contributed by atoms with Gasteiger partial charge in [-0.3, -0.25) is 0 Å². The van der Waals surface area contributed by atoms with Gasteiger partial charge in [0.1, 0.15) is 11.6 Å². The van der Waals surface area contributed by atoms with Crippen molar-refractivity contribution in [3.63, 3.8) is 0 Å². The molecule has 0 aromatic heterocycles. The molecule has 1 saturated carbocycles. The Kier molecular flexibility index (Phi) is 2.69. The minimum Gasteiger partial charge on any atom is -0.491 e. The topological polar surface area (TPSA) is 21.3 Å². The number of hydrogen-bond acceptors (Lipinski definition) is 2. The van der Waals surface area contributed by atoms with E-state index in [0.717, 1.165) is 24.6 Å². The minimum atomic E-state index is -0.209. The van der Waals surface area contributed by atoms with E-state index in [1.807, 2.05) is 0 Å². The molecule has 92 valence electrons. The molecule has 0 saturated heterocycles. The van der Waals surface area contributed by atoms with E-state index in [1.165, 1.54) is 44.2 Å². The zero-order chi connectivity index (χ0) is 11.7. The Labute approximate surface area is 101 Å². The van der Waals surface area contributed by atoms with Crippen LogP contribution in [0.2, 0.25) is 0 Å². The highest BCUT2D eigenvalue weighted by Crippen LogP contribution is 2.40. The Morgan fingerprint density at radius 1 is 1.18 bits per heavy atom. The summed E-state index contributed by atoms with van der Waals surface area (Å²) in [6.07, 6.45) is 6.35. The molecule has 1 aromatic rings. The summed E-state index contributed by atoms with van der Waals surface area (Å²) < 4.78 is 19.0. The molecule has 2 nitrogen and oxygen atoms in total. The second kappa shape index (κ2) is 4.21. The van der Waals surface area contributed by atoms with Crippen LogP contribution in [0.3, 0.4) is 0 Å². The van der Waals surface area contributed by atoms with Gasteiger partial charge in [-0.15, -0.1) is 0 Å². The van der Waals surface area contributed by atoms with Gasteiger partial charge in [0.15, 0.2) is 0 Å². The maximum absolute atomic E-state index is 13.2. The quantitative estimate of drug-likeness (QED) is 0.742. The van der Waals surface area contributed by atoms with Crippen molar-refractivity contribution in [1.82, 2.24) is 0 Å². The van der Waals surface area contributed by atoms with E-state index >= 15 is 0 Å². The Bertz CT molecular complexity index is 413. The lowest BCUT2D eigenvalue weighted by molar-refractivity contribution is 0.115. The molecule has 2 aliphatic rings. The first kappa shape index (κ1) is 10.9. The van der Waals surface area contributed by atoms with E-state index in [-0.39, 0.29) is 11.2 Å². The zero-order valence-electron chi connectivity index (χ0n) is 9.97. The lowest BCUT2D eigenvalue weighted by atomic mass is 9.74. The van der Waals surface area contributed by atoms with Crippen LogP contribution in [0, 0.1) is 11.2 Å². The molecule has 0 amide bonds. The van der Waals surface area contributed by atoms with Gasteiger partial charge in [-0.05, 0) is 25.0 Å². The van der Waals surface area contributed by atoms with Gasteiger partial charge in [-0.1, -0.05) is 19.3 Å². The molecular weight excluding hydrogens is 217 g/mol. The lowest BCUT2D eigenvalue weighted by Crippen LogP contribution is -2.36. The van der Waals surface area contributed by atoms with E-state index in [1.54, 1.807) is 6.07 Å². The Morgan fingerprint density at radius 2 is 2.00 bits per heavy atom. The molecule has 3 rings (SSSR count). The third-order valence-corrected chi connectivity index (χ3v) is 4.04. The third kappa shape index (κ3) is 2.11. The first-order valence-electron chi connectivity index (χ1n) is 6.44. The van der Waals surface area contributed by atoms with Crippen molar-refractivity contribution in [3.8, 4) is 5.75 Å². The smallest absolute Gasteiger partial charge is 0.142 e. The van der Waals surface area contributed by atoms with Crippen molar-refractivity contribution in [2.24, 2.45) is 5.41 Å². The predicted molar refractivity (Wildman–Crippen MR) is 65.9 cm³/mol. The van der Waals surface area contributed by atoms with Crippen LogP contribution in [0.5, 0.6) is 5.75 Å². The van der Waals surface area contributed by atoms with E-state index in [2.05, 4.69) is 5.32 Å². The lowest BCUT2D eigenvalue weighted by Gasteiger charge is -2.35. The molecule has 0 bridgehead atoms. The predicted octanol–water partition coefficient (Wildman–Crippen LogP) is 3.58. The summed E-state index contributed by atoms with van der Waals surface area (Å²) in [5.74, 6) is 0.577. The SMILES string of the molecule is Fc1ccc2c(c1)NCC1(CCCCC1)CO2. The average Bonchev–Trinajstić information content (AvgIpc) is 2.52. The summed E-state index contributed by atoms with van der Waals surface area (Å²) in [5, 5.41) is 3.36. The van der Waals surface area contributed by atoms with Crippen molar-refractivity contribution in [3.05, 3.63) is 24.0 Å². The molecule has 1 aromatic carbocycles. The molecule has 0 radical (unpaired) electrons. The number of ether oxygens (including phenoxy) is 1. The summed E-state index contributed by atoms with van der Waals surface area (Å²) in [5.41, 5.74) is 1.06. The number of fused-ring (bicyclic) bond motifs is 1. The van der Waals surface area contributed by atoms with Crippen molar-refractivity contribution >= 4 is 5.69 Å². The van der Waals surface area contributed by atoms with Crippen LogP contribution >= 0.6 is 0 Å². The highest BCUT2D eigenvalue weighted by atomic mass is 19.1. The van der Waals surface area contributed by atoms with Crippen LogP contribution in [0.1, 0.15) is 32.1 Å². The fraction of sp³-hybridized carbons (Fsp3) is 0.571. The molecule has 3 heteroatoms. The van der Waals surface area contributed by atoms with Crippen molar-refractivity contribution < 1.29 is 9.13 Å². The fourth-order valence-corrected chi connectivity index (χ4v) is 2.95. The molecule has 1 aliphatic heterocycles. The summed E-state index contributed by atoms with van der Waals surface area (Å²) >= 11 is 0. The summed E-state index contributed by atoms with van der Waals surface area (Å²) in [4.78, 5) is 0. The molecule has 1 heterocycles. The van der Waals surface area contributed by atoms with Crippen LogP contribution < -0.4 is 10.1 Å². The molecular formula is C14H18FNO. The number of anilines is 1. The molecule has 1 spiro atoms. The van der Waals surface area contributed by atoms with Gasteiger partial charge < -0.3 is 10.1 Å². The van der Waals surface area contributed by atoms with E-state index in [4.69, 9.17) is 4.74 Å². The van der Waals surface area contributed by atoms with Gasteiger partial charge in [-0.25, -0.2) is 4.39 Å². The van der Waals surface area contributed by atoms with E-state index < -0.39 is 0 Å². The second-order valence-corrected chi connectivity index (χ2v) is 5.34. The maximum atomic E-state index is 13.2. The minimum absolute atomic E-state index is 0.209. The largest absolute Gasteiger partial charge is 0.491 e. The van der Waals surface area contributed by atoms with Crippen LogP contribution in [-0.4, -0.2) is 13.2 Å². The third-order valence-electron chi connectivity index (χ3n) is 4.04. The molecule has 17 heavy (non-hydrogen) atoms. The average molecular weight is 235 g/mol. The van der Waals surface area contributed by atoms with Crippen molar-refractivity contribution in [2.75, 3.05) is 18.5 Å². The van der Waals surface area contributed by atoms with Crippen LogP contribution in [0.4, 0.5) is 10.1 Å². The normalized spacial score (nSPS) is 22.2. The molecule has 1 fully saturated rings. The van der Waals surface area contributed by atoms with Gasteiger partial charge in [0.05, 0.1) is 12.3 Å². The Morgan fingerprint density at radius 3 is 2.82 bits per heavy atom. The Balaban J connectivity index is 1.82. The van der Waals surface area contributed by atoms with Crippen molar-refractivity contribution in [2.45, 2.75) is 32.1 Å². The van der Waals surface area contributed by atoms with Gasteiger partial charge in [0, 0.05) is 18.0 Å². The molecule has 1 N–H and O–H groups in total. The number of halogens is 1. The van der Waals surface area contributed by atoms with Crippen LogP contribution in [-0.2, 0) is 0 Å². The summed E-state index contributed by atoms with van der Waals surface area (Å²) in [6, 6.07) is 4.70. The molecule has 0 unspecified atom stereocenters. The monoisotopic (exact) mass is 235 g/mol. The number of rotatable bonds is 0. The van der Waals surface area contributed by atoms with E-state index in [9.17, 15) is 4.39 Å². The number of hydrogen-bond donors (Lipinski definition) is 1. The Hall–Kier alpha value is -1.25. The van der Waals surface area contributed by atoms with Crippen molar-refractivity contribution in [1.29, 1.82) is 0 Å².